The quantitative estimate of drug-likeness (QED) is 0.836. The Balaban J connectivity index is 2.05. The van der Waals surface area contributed by atoms with Crippen molar-refractivity contribution in [3.05, 3.63) is 40.0 Å². The van der Waals surface area contributed by atoms with Crippen molar-refractivity contribution >= 4 is 21.7 Å². The summed E-state index contributed by atoms with van der Waals surface area (Å²) >= 11 is 3.69. The zero-order chi connectivity index (χ0) is 14.8. The van der Waals surface area contributed by atoms with Gasteiger partial charge in [0.05, 0.1) is 10.2 Å². The third-order valence-corrected chi connectivity index (χ3v) is 4.44. The lowest BCUT2D eigenvalue weighted by atomic mass is 10.1. The number of aryl methyl sites for hydroxylation is 1. The van der Waals surface area contributed by atoms with E-state index in [1.807, 2.05) is 0 Å². The van der Waals surface area contributed by atoms with Crippen molar-refractivity contribution in [1.82, 2.24) is 9.97 Å². The highest BCUT2D eigenvalue weighted by molar-refractivity contribution is 9.10. The summed E-state index contributed by atoms with van der Waals surface area (Å²) in [5.41, 5.74) is 3.47. The first kappa shape index (κ1) is 14.5. The van der Waals surface area contributed by atoms with E-state index < -0.39 is 0 Å². The largest absolute Gasteiger partial charge is 0.369 e. The van der Waals surface area contributed by atoms with Gasteiger partial charge in [-0.05, 0) is 48.2 Å². The number of benzene rings is 1. The average Bonchev–Trinajstić information content (AvgIpc) is 3.31. The van der Waals surface area contributed by atoms with Crippen molar-refractivity contribution in [1.29, 1.82) is 0 Å². The predicted octanol–water partition coefficient (Wildman–Crippen LogP) is 4.91. The summed E-state index contributed by atoms with van der Waals surface area (Å²) in [6.07, 6.45) is 3.54. The lowest BCUT2D eigenvalue weighted by Crippen LogP contribution is -2.07. The van der Waals surface area contributed by atoms with Crippen LogP contribution in [0.2, 0.25) is 0 Å². The second-order valence-electron chi connectivity index (χ2n) is 5.67. The summed E-state index contributed by atoms with van der Waals surface area (Å²) in [5.74, 6) is 2.33. The van der Waals surface area contributed by atoms with E-state index in [-0.39, 0.29) is 0 Å². The van der Waals surface area contributed by atoms with Crippen LogP contribution in [0.5, 0.6) is 0 Å². The number of rotatable bonds is 5. The Bertz CT molecular complexity index is 650. The Morgan fingerprint density at radius 1 is 1.29 bits per heavy atom. The highest BCUT2D eigenvalue weighted by Crippen LogP contribution is 2.44. The molecule has 1 saturated carbocycles. The molecule has 1 aromatic carbocycles. The first-order chi connectivity index (χ1) is 10.2. The van der Waals surface area contributed by atoms with Crippen molar-refractivity contribution in [2.24, 2.45) is 0 Å². The summed E-state index contributed by atoms with van der Waals surface area (Å²) < 4.78 is 1.04. The maximum absolute atomic E-state index is 4.82. The van der Waals surface area contributed by atoms with Gasteiger partial charge in [0.1, 0.15) is 5.82 Å². The standard InChI is InChI=1S/C17H20BrN3/c1-3-9-19-17-14(18)15(12-7-8-12)20-16(21-17)13-6-4-5-11(2)10-13/h4-6,10,12H,3,7-9H2,1-2H3,(H,19,20,21). The normalized spacial score (nSPS) is 14.2. The lowest BCUT2D eigenvalue weighted by molar-refractivity contribution is 0.939. The molecule has 0 amide bonds. The maximum Gasteiger partial charge on any atom is 0.161 e. The van der Waals surface area contributed by atoms with E-state index in [1.54, 1.807) is 0 Å². The van der Waals surface area contributed by atoms with Crippen molar-refractivity contribution in [3.63, 3.8) is 0 Å². The van der Waals surface area contributed by atoms with Gasteiger partial charge in [-0.3, -0.25) is 0 Å². The number of hydrogen-bond donors (Lipinski definition) is 1. The Morgan fingerprint density at radius 3 is 2.76 bits per heavy atom. The van der Waals surface area contributed by atoms with Crippen LogP contribution in [0.4, 0.5) is 5.82 Å². The SMILES string of the molecule is CCCNc1nc(-c2cccc(C)c2)nc(C2CC2)c1Br. The van der Waals surface area contributed by atoms with Gasteiger partial charge in [-0.1, -0.05) is 30.7 Å². The number of aromatic nitrogens is 2. The molecule has 1 aliphatic carbocycles. The number of hydrogen-bond acceptors (Lipinski definition) is 3. The van der Waals surface area contributed by atoms with E-state index in [0.717, 1.165) is 40.3 Å². The second-order valence-corrected chi connectivity index (χ2v) is 6.46. The van der Waals surface area contributed by atoms with Crippen molar-refractivity contribution in [2.75, 3.05) is 11.9 Å². The summed E-state index contributed by atoms with van der Waals surface area (Å²) in [6, 6.07) is 8.38. The van der Waals surface area contributed by atoms with E-state index >= 15 is 0 Å². The predicted molar refractivity (Wildman–Crippen MR) is 90.7 cm³/mol. The second kappa shape index (κ2) is 6.14. The van der Waals surface area contributed by atoms with Gasteiger partial charge in [-0.2, -0.15) is 0 Å². The van der Waals surface area contributed by atoms with Gasteiger partial charge >= 0.3 is 0 Å². The Kier molecular flexibility index (Phi) is 4.24. The molecule has 4 heteroatoms. The molecule has 0 atom stereocenters. The average molecular weight is 346 g/mol. The molecule has 0 bridgehead atoms. The minimum atomic E-state index is 0.591. The van der Waals surface area contributed by atoms with Crippen LogP contribution in [-0.4, -0.2) is 16.5 Å². The molecule has 110 valence electrons. The van der Waals surface area contributed by atoms with Gasteiger partial charge in [-0.25, -0.2) is 9.97 Å². The highest BCUT2D eigenvalue weighted by atomic mass is 79.9. The molecule has 1 heterocycles. The summed E-state index contributed by atoms with van der Waals surface area (Å²) in [7, 11) is 0. The van der Waals surface area contributed by atoms with Crippen LogP contribution in [0.1, 0.15) is 43.4 Å². The van der Waals surface area contributed by atoms with Gasteiger partial charge in [0, 0.05) is 18.0 Å². The molecule has 0 spiro atoms. The van der Waals surface area contributed by atoms with Crippen LogP contribution in [0.25, 0.3) is 11.4 Å². The fourth-order valence-electron chi connectivity index (χ4n) is 2.37. The van der Waals surface area contributed by atoms with E-state index in [0.29, 0.717) is 5.92 Å². The van der Waals surface area contributed by atoms with Crippen LogP contribution < -0.4 is 5.32 Å². The maximum atomic E-state index is 4.82. The van der Waals surface area contributed by atoms with Crippen LogP contribution in [0, 0.1) is 6.92 Å². The summed E-state index contributed by atoms with van der Waals surface area (Å²) in [4.78, 5) is 9.54. The van der Waals surface area contributed by atoms with E-state index in [9.17, 15) is 0 Å². The molecule has 1 aromatic heterocycles. The Hall–Kier alpha value is -1.42. The smallest absolute Gasteiger partial charge is 0.161 e. The minimum Gasteiger partial charge on any atom is -0.369 e. The molecule has 3 rings (SSSR count). The molecule has 1 N–H and O–H groups in total. The van der Waals surface area contributed by atoms with Crippen LogP contribution in [0.3, 0.4) is 0 Å². The lowest BCUT2D eigenvalue weighted by Gasteiger charge is -2.12. The van der Waals surface area contributed by atoms with Gasteiger partial charge in [0.15, 0.2) is 5.82 Å². The molecule has 21 heavy (non-hydrogen) atoms. The van der Waals surface area contributed by atoms with Gasteiger partial charge < -0.3 is 5.32 Å². The molecular formula is C17H20BrN3. The first-order valence-electron chi connectivity index (χ1n) is 7.57. The van der Waals surface area contributed by atoms with Crippen molar-refractivity contribution in [3.8, 4) is 11.4 Å². The van der Waals surface area contributed by atoms with Crippen LogP contribution in [-0.2, 0) is 0 Å². The van der Waals surface area contributed by atoms with Crippen molar-refractivity contribution < 1.29 is 0 Å². The topological polar surface area (TPSA) is 37.8 Å². The third-order valence-electron chi connectivity index (χ3n) is 3.66. The minimum absolute atomic E-state index is 0.591. The van der Waals surface area contributed by atoms with Crippen LogP contribution >= 0.6 is 15.9 Å². The first-order valence-corrected chi connectivity index (χ1v) is 8.36. The molecule has 2 aromatic rings. The zero-order valence-corrected chi connectivity index (χ0v) is 14.1. The third kappa shape index (κ3) is 3.26. The molecule has 3 nitrogen and oxygen atoms in total. The molecular weight excluding hydrogens is 326 g/mol. The van der Waals surface area contributed by atoms with E-state index in [4.69, 9.17) is 9.97 Å². The molecule has 1 fully saturated rings. The number of nitrogens with zero attached hydrogens (tertiary/aromatic N) is 2. The molecule has 0 saturated heterocycles. The fourth-order valence-corrected chi connectivity index (χ4v) is 3.01. The number of anilines is 1. The monoisotopic (exact) mass is 345 g/mol. The molecule has 0 unspecified atom stereocenters. The van der Waals surface area contributed by atoms with Gasteiger partial charge in [-0.15, -0.1) is 0 Å². The van der Waals surface area contributed by atoms with E-state index in [1.165, 1.54) is 18.4 Å². The fraction of sp³-hybridized carbons (Fsp3) is 0.412. The van der Waals surface area contributed by atoms with Crippen molar-refractivity contribution in [2.45, 2.75) is 39.0 Å². The zero-order valence-electron chi connectivity index (χ0n) is 12.5. The number of nitrogens with one attached hydrogen (secondary N) is 1. The highest BCUT2D eigenvalue weighted by Gasteiger charge is 2.29. The molecule has 0 radical (unpaired) electrons. The van der Waals surface area contributed by atoms with Crippen LogP contribution in [0.15, 0.2) is 28.7 Å². The van der Waals surface area contributed by atoms with Gasteiger partial charge in [0.2, 0.25) is 0 Å². The number of halogens is 1. The van der Waals surface area contributed by atoms with Gasteiger partial charge in [0.25, 0.3) is 0 Å². The summed E-state index contributed by atoms with van der Waals surface area (Å²) in [5, 5.41) is 3.41. The Labute approximate surface area is 134 Å². The Morgan fingerprint density at radius 2 is 2.10 bits per heavy atom. The summed E-state index contributed by atoms with van der Waals surface area (Å²) in [6.45, 7) is 5.18. The molecule has 1 aliphatic rings. The molecule has 0 aliphatic heterocycles. The van der Waals surface area contributed by atoms with E-state index in [2.05, 4.69) is 59.4 Å².